The van der Waals surface area contributed by atoms with Crippen molar-refractivity contribution in [1.29, 1.82) is 0 Å². The second-order valence-corrected chi connectivity index (χ2v) is 9.58. The average Bonchev–Trinajstić information content (AvgIpc) is 2.80. The van der Waals surface area contributed by atoms with E-state index in [9.17, 15) is 4.79 Å². The summed E-state index contributed by atoms with van der Waals surface area (Å²) in [6, 6.07) is 12.5. The Morgan fingerprint density at radius 1 is 1.15 bits per heavy atom. The third-order valence-corrected chi connectivity index (χ3v) is 7.00. The van der Waals surface area contributed by atoms with Crippen LogP contribution in [0.5, 0.6) is 11.6 Å². The number of amides is 1. The number of aromatic nitrogens is 1. The average molecular weight is 463 g/mol. The van der Waals surface area contributed by atoms with Gasteiger partial charge in [0.2, 0.25) is 11.8 Å². The molecule has 2 aromatic rings. The molecule has 1 aromatic carbocycles. The highest BCUT2D eigenvalue weighted by Gasteiger charge is 2.38. The van der Waals surface area contributed by atoms with Crippen molar-refractivity contribution in [3.63, 3.8) is 0 Å². The first-order valence-corrected chi connectivity index (χ1v) is 12.3. The van der Waals surface area contributed by atoms with Gasteiger partial charge in [-0.15, -0.1) is 0 Å². The predicted molar refractivity (Wildman–Crippen MR) is 131 cm³/mol. The summed E-state index contributed by atoms with van der Waals surface area (Å²) in [5, 5.41) is 3.12. The Morgan fingerprint density at radius 3 is 2.71 bits per heavy atom. The Hall–Kier alpha value is -3.06. The molecule has 3 saturated heterocycles. The molecule has 7 heteroatoms. The number of carbonyl (C=O) groups excluding carboxylic acids is 1. The number of piperidine rings is 1. The molecule has 0 saturated carbocycles. The van der Waals surface area contributed by atoms with Gasteiger partial charge in [-0.05, 0) is 56.5 Å². The molecule has 180 valence electrons. The van der Waals surface area contributed by atoms with E-state index in [0.717, 1.165) is 56.0 Å². The van der Waals surface area contributed by atoms with Crippen LogP contribution >= 0.6 is 0 Å². The van der Waals surface area contributed by atoms with Gasteiger partial charge in [-0.3, -0.25) is 4.79 Å². The molecule has 4 heterocycles. The summed E-state index contributed by atoms with van der Waals surface area (Å²) in [5.41, 5.74) is 3.31. The normalized spacial score (nSPS) is 23.3. The number of morpholine rings is 1. The van der Waals surface area contributed by atoms with Crippen LogP contribution in [0.4, 0.5) is 0 Å². The second kappa shape index (κ2) is 9.66. The predicted octanol–water partition coefficient (Wildman–Crippen LogP) is 3.73. The lowest BCUT2D eigenvalue weighted by Crippen LogP contribution is -2.61. The van der Waals surface area contributed by atoms with E-state index >= 15 is 0 Å². The molecule has 5 rings (SSSR count). The van der Waals surface area contributed by atoms with E-state index in [4.69, 9.17) is 9.47 Å². The molecular formula is C27H34N4O3. The monoisotopic (exact) mass is 462 g/mol. The molecule has 2 atom stereocenters. The van der Waals surface area contributed by atoms with Crippen LogP contribution in [0.25, 0.3) is 0 Å². The SMILES string of the molecule is CC/C=C(\N1CC(c2ccc(Oc3nc(C)ccc3C)cc2)C1)N1CCC2OCC(=O)NC2C1. The van der Waals surface area contributed by atoms with E-state index in [1.54, 1.807) is 0 Å². The maximum absolute atomic E-state index is 11.8. The lowest BCUT2D eigenvalue weighted by atomic mass is 9.91. The number of hydrogen-bond acceptors (Lipinski definition) is 6. The van der Waals surface area contributed by atoms with Crippen LogP contribution in [-0.2, 0) is 9.53 Å². The number of rotatable bonds is 6. The molecule has 34 heavy (non-hydrogen) atoms. The lowest BCUT2D eigenvalue weighted by molar-refractivity contribution is -0.140. The largest absolute Gasteiger partial charge is 0.439 e. The Bertz CT molecular complexity index is 1060. The van der Waals surface area contributed by atoms with Crippen LogP contribution in [0.2, 0.25) is 0 Å². The van der Waals surface area contributed by atoms with Crippen molar-refractivity contribution in [2.45, 2.75) is 51.7 Å². The molecule has 0 radical (unpaired) electrons. The van der Waals surface area contributed by atoms with Crippen molar-refractivity contribution in [1.82, 2.24) is 20.1 Å². The van der Waals surface area contributed by atoms with Crippen molar-refractivity contribution >= 4 is 5.91 Å². The van der Waals surface area contributed by atoms with Crippen molar-refractivity contribution in [3.8, 4) is 11.6 Å². The van der Waals surface area contributed by atoms with Gasteiger partial charge in [-0.25, -0.2) is 4.98 Å². The van der Waals surface area contributed by atoms with Crippen molar-refractivity contribution in [2.75, 3.05) is 32.8 Å². The fraction of sp³-hybridized carbons (Fsp3) is 0.481. The number of nitrogens with zero attached hydrogens (tertiary/aromatic N) is 3. The second-order valence-electron chi connectivity index (χ2n) is 9.58. The summed E-state index contributed by atoms with van der Waals surface area (Å²) >= 11 is 0. The molecule has 1 aromatic heterocycles. The van der Waals surface area contributed by atoms with Gasteiger partial charge in [0.1, 0.15) is 12.4 Å². The number of pyridine rings is 1. The minimum Gasteiger partial charge on any atom is -0.439 e. The number of ether oxygens (including phenoxy) is 2. The third-order valence-electron chi connectivity index (χ3n) is 7.00. The van der Waals surface area contributed by atoms with Gasteiger partial charge in [-0.2, -0.15) is 0 Å². The van der Waals surface area contributed by atoms with Crippen LogP contribution in [0.1, 0.15) is 42.5 Å². The van der Waals surface area contributed by atoms with Crippen molar-refractivity contribution < 1.29 is 14.3 Å². The Balaban J connectivity index is 1.19. The Labute approximate surface area is 201 Å². The fourth-order valence-corrected chi connectivity index (χ4v) is 5.05. The molecule has 2 unspecified atom stereocenters. The standard InChI is InChI=1S/C27H34N4O3/c1-4-5-26(30-13-12-24-23(16-30)29-25(32)17-33-24)31-14-21(15-31)20-8-10-22(11-9-20)34-27-18(2)6-7-19(3)28-27/h5-11,21,23-24H,4,12-17H2,1-3H3,(H,29,32)/b26-5-. The number of benzene rings is 1. The maximum Gasteiger partial charge on any atom is 0.246 e. The van der Waals surface area contributed by atoms with Crippen molar-refractivity contribution in [3.05, 3.63) is 65.1 Å². The van der Waals surface area contributed by atoms with Gasteiger partial charge in [0.15, 0.2) is 0 Å². The lowest BCUT2D eigenvalue weighted by Gasteiger charge is -2.49. The summed E-state index contributed by atoms with van der Waals surface area (Å²) in [6.45, 7) is 10.1. The fourth-order valence-electron chi connectivity index (χ4n) is 5.05. The highest BCUT2D eigenvalue weighted by atomic mass is 16.5. The van der Waals surface area contributed by atoms with E-state index in [1.165, 1.54) is 11.4 Å². The first-order chi connectivity index (χ1) is 16.5. The van der Waals surface area contributed by atoms with Gasteiger partial charge in [0, 0.05) is 43.4 Å². The van der Waals surface area contributed by atoms with Gasteiger partial charge in [0.25, 0.3) is 0 Å². The zero-order valence-corrected chi connectivity index (χ0v) is 20.3. The third kappa shape index (κ3) is 4.75. The van der Waals surface area contributed by atoms with Gasteiger partial charge < -0.3 is 24.6 Å². The van der Waals surface area contributed by atoms with E-state index in [2.05, 4.69) is 45.2 Å². The molecule has 1 amide bonds. The maximum atomic E-state index is 11.8. The first-order valence-electron chi connectivity index (χ1n) is 12.3. The smallest absolute Gasteiger partial charge is 0.246 e. The quantitative estimate of drug-likeness (QED) is 0.706. The molecular weight excluding hydrogens is 428 g/mol. The number of allylic oxidation sites excluding steroid dienone is 1. The molecule has 3 aliphatic heterocycles. The summed E-state index contributed by atoms with van der Waals surface area (Å²) in [4.78, 5) is 21.2. The highest BCUT2D eigenvalue weighted by molar-refractivity contribution is 5.78. The number of carbonyl (C=O) groups is 1. The van der Waals surface area contributed by atoms with Gasteiger partial charge in [-0.1, -0.05) is 25.1 Å². The Kier molecular flexibility index (Phi) is 6.46. The topological polar surface area (TPSA) is 66.9 Å². The summed E-state index contributed by atoms with van der Waals surface area (Å²) < 4.78 is 11.8. The van der Waals surface area contributed by atoms with E-state index in [-0.39, 0.29) is 24.7 Å². The zero-order valence-electron chi connectivity index (χ0n) is 20.3. The Morgan fingerprint density at radius 2 is 1.94 bits per heavy atom. The van der Waals surface area contributed by atoms with Crippen LogP contribution in [0.15, 0.2) is 48.3 Å². The molecule has 0 spiro atoms. The van der Waals surface area contributed by atoms with Crippen molar-refractivity contribution in [2.24, 2.45) is 0 Å². The zero-order chi connectivity index (χ0) is 23.7. The molecule has 7 nitrogen and oxygen atoms in total. The number of nitrogens with one attached hydrogen (secondary N) is 1. The van der Waals surface area contributed by atoms with Gasteiger partial charge >= 0.3 is 0 Å². The summed E-state index contributed by atoms with van der Waals surface area (Å²) in [7, 11) is 0. The summed E-state index contributed by atoms with van der Waals surface area (Å²) in [5.74, 6) is 3.27. The summed E-state index contributed by atoms with van der Waals surface area (Å²) in [6.07, 6.45) is 4.39. The van der Waals surface area contributed by atoms with Crippen LogP contribution in [0.3, 0.4) is 0 Å². The van der Waals surface area contributed by atoms with Gasteiger partial charge in [0.05, 0.1) is 18.0 Å². The number of hydrogen-bond donors (Lipinski definition) is 1. The molecule has 0 aliphatic carbocycles. The minimum absolute atomic E-state index is 0.00565. The molecule has 0 bridgehead atoms. The number of likely N-dealkylation sites (tertiary alicyclic amines) is 2. The molecule has 3 fully saturated rings. The van der Waals surface area contributed by atoms with Crippen LogP contribution in [0, 0.1) is 13.8 Å². The van der Waals surface area contributed by atoms with Crippen LogP contribution in [-0.4, -0.2) is 65.6 Å². The van der Waals surface area contributed by atoms with Crippen LogP contribution < -0.4 is 10.1 Å². The minimum atomic E-state index is -0.00565. The van der Waals surface area contributed by atoms with E-state index in [1.807, 2.05) is 38.1 Å². The number of aryl methyl sites for hydroxylation is 2. The molecule has 3 aliphatic rings. The van der Waals surface area contributed by atoms with E-state index in [0.29, 0.717) is 11.8 Å². The number of fused-ring (bicyclic) bond motifs is 1. The first kappa shape index (κ1) is 22.7. The van der Waals surface area contributed by atoms with E-state index < -0.39 is 0 Å². The molecule has 1 N–H and O–H groups in total. The highest BCUT2D eigenvalue weighted by Crippen LogP contribution is 2.34.